The van der Waals surface area contributed by atoms with Gasteiger partial charge in [0.05, 0.1) is 9.82 Å². The third kappa shape index (κ3) is 4.31. The molecule has 1 heterocycles. The van der Waals surface area contributed by atoms with Crippen molar-refractivity contribution < 1.29 is 22.1 Å². The molecule has 0 spiro atoms. The summed E-state index contributed by atoms with van der Waals surface area (Å²) in [7, 11) is -4.07. The molecule has 3 rings (SSSR count). The van der Waals surface area contributed by atoms with Crippen LogP contribution in [0, 0.1) is 28.7 Å². The Morgan fingerprint density at radius 1 is 1.18 bits per heavy atom. The number of nitro benzene ring substituents is 1. The SMILES string of the molecule is Cc1ccc(S(=O)(=O)Nc2ncc(Cc3ccc(F)c(F)c3)s2)cc1[N+](=O)[O-]. The molecule has 0 unspecified atom stereocenters. The largest absolute Gasteiger partial charge is 0.273 e. The van der Waals surface area contributed by atoms with Crippen molar-refractivity contribution in [1.29, 1.82) is 0 Å². The molecule has 0 fully saturated rings. The van der Waals surface area contributed by atoms with Gasteiger partial charge in [-0.05, 0) is 30.7 Å². The molecule has 1 N–H and O–H groups in total. The molecule has 11 heteroatoms. The van der Waals surface area contributed by atoms with E-state index in [4.69, 9.17) is 0 Å². The maximum Gasteiger partial charge on any atom is 0.273 e. The predicted octanol–water partition coefficient (Wildman–Crippen LogP) is 4.03. The smallest absolute Gasteiger partial charge is 0.258 e. The zero-order valence-corrected chi connectivity index (χ0v) is 16.0. The van der Waals surface area contributed by atoms with Gasteiger partial charge in [0.15, 0.2) is 16.8 Å². The average Bonchev–Trinajstić information content (AvgIpc) is 3.04. The Morgan fingerprint density at radius 3 is 2.61 bits per heavy atom. The van der Waals surface area contributed by atoms with Crippen LogP contribution in [0.25, 0.3) is 0 Å². The molecule has 2 aromatic carbocycles. The van der Waals surface area contributed by atoms with Crippen LogP contribution in [0.5, 0.6) is 0 Å². The highest BCUT2D eigenvalue weighted by Gasteiger charge is 2.21. The first kappa shape index (κ1) is 19.8. The van der Waals surface area contributed by atoms with Gasteiger partial charge in [-0.2, -0.15) is 0 Å². The second kappa shape index (κ2) is 7.60. The van der Waals surface area contributed by atoms with Crippen LogP contribution in [0.2, 0.25) is 0 Å². The lowest BCUT2D eigenvalue weighted by molar-refractivity contribution is -0.385. The lowest BCUT2D eigenvalue weighted by Crippen LogP contribution is -2.13. The van der Waals surface area contributed by atoms with E-state index in [1.165, 1.54) is 31.3 Å². The molecule has 0 saturated heterocycles. The van der Waals surface area contributed by atoms with Crippen LogP contribution in [0.4, 0.5) is 19.6 Å². The quantitative estimate of drug-likeness (QED) is 0.475. The molecular weight excluding hydrogens is 412 g/mol. The van der Waals surface area contributed by atoms with E-state index in [1.54, 1.807) is 0 Å². The number of nitrogens with zero attached hydrogens (tertiary/aromatic N) is 2. The number of aryl methyl sites for hydroxylation is 1. The minimum absolute atomic E-state index is 0.0563. The van der Waals surface area contributed by atoms with Crippen molar-refractivity contribution in [2.45, 2.75) is 18.2 Å². The lowest BCUT2D eigenvalue weighted by Gasteiger charge is -2.06. The van der Waals surface area contributed by atoms with Gasteiger partial charge in [-0.15, -0.1) is 11.3 Å². The van der Waals surface area contributed by atoms with Gasteiger partial charge in [-0.1, -0.05) is 12.1 Å². The summed E-state index contributed by atoms with van der Waals surface area (Å²) in [6, 6.07) is 7.09. The number of aromatic nitrogens is 1. The van der Waals surface area contributed by atoms with E-state index in [0.717, 1.165) is 29.5 Å². The van der Waals surface area contributed by atoms with E-state index in [9.17, 15) is 27.3 Å². The summed E-state index contributed by atoms with van der Waals surface area (Å²) in [5, 5.41) is 11.1. The predicted molar refractivity (Wildman–Crippen MR) is 99.9 cm³/mol. The minimum atomic E-state index is -4.07. The summed E-state index contributed by atoms with van der Waals surface area (Å²) < 4.78 is 53.5. The summed E-state index contributed by atoms with van der Waals surface area (Å²) in [5.74, 6) is -1.92. The fraction of sp³-hybridized carbons (Fsp3) is 0.118. The fourth-order valence-corrected chi connectivity index (χ4v) is 4.52. The number of halogens is 2. The van der Waals surface area contributed by atoms with Crippen molar-refractivity contribution >= 4 is 32.2 Å². The summed E-state index contributed by atoms with van der Waals surface area (Å²) in [6.07, 6.45) is 1.66. The van der Waals surface area contributed by atoms with E-state index in [-0.39, 0.29) is 22.1 Å². The van der Waals surface area contributed by atoms with Crippen molar-refractivity contribution in [3.05, 3.63) is 80.3 Å². The molecule has 0 bridgehead atoms. The molecule has 0 radical (unpaired) electrons. The maximum atomic E-state index is 13.3. The van der Waals surface area contributed by atoms with Crippen LogP contribution in [-0.2, 0) is 16.4 Å². The van der Waals surface area contributed by atoms with Gasteiger partial charge in [0.25, 0.3) is 15.7 Å². The third-order valence-corrected chi connectivity index (χ3v) is 6.20. The zero-order chi connectivity index (χ0) is 20.5. The highest BCUT2D eigenvalue weighted by Crippen LogP contribution is 2.27. The molecule has 0 saturated carbocycles. The Hall–Kier alpha value is -2.92. The number of nitro groups is 1. The van der Waals surface area contributed by atoms with Crippen molar-refractivity contribution in [2.75, 3.05) is 4.72 Å². The van der Waals surface area contributed by atoms with Crippen molar-refractivity contribution in [2.24, 2.45) is 0 Å². The maximum absolute atomic E-state index is 13.3. The van der Waals surface area contributed by atoms with Crippen LogP contribution in [0.3, 0.4) is 0 Å². The van der Waals surface area contributed by atoms with Crippen molar-refractivity contribution in [3.8, 4) is 0 Å². The standard InChI is InChI=1S/C17H13F2N3O4S2/c1-10-2-4-13(8-16(10)22(23)24)28(25,26)21-17-20-9-12(27-17)6-11-3-5-14(18)15(19)7-11/h2-5,7-9H,6H2,1H3,(H,20,21). The summed E-state index contributed by atoms with van der Waals surface area (Å²) >= 11 is 1.02. The van der Waals surface area contributed by atoms with Gasteiger partial charge in [-0.25, -0.2) is 22.2 Å². The first-order valence-corrected chi connectivity index (χ1v) is 10.1. The molecule has 0 aliphatic heterocycles. The van der Waals surface area contributed by atoms with Crippen LogP contribution in [-0.4, -0.2) is 18.3 Å². The topological polar surface area (TPSA) is 102 Å². The molecule has 146 valence electrons. The number of thiazole rings is 1. The van der Waals surface area contributed by atoms with E-state index >= 15 is 0 Å². The number of benzene rings is 2. The molecule has 28 heavy (non-hydrogen) atoms. The molecule has 3 aromatic rings. The summed E-state index contributed by atoms with van der Waals surface area (Å²) in [5.41, 5.74) is 0.541. The summed E-state index contributed by atoms with van der Waals surface area (Å²) in [4.78, 5) is 14.7. The van der Waals surface area contributed by atoms with Crippen LogP contribution in [0.15, 0.2) is 47.5 Å². The van der Waals surface area contributed by atoms with Gasteiger partial charge >= 0.3 is 0 Å². The Bertz CT molecular complexity index is 1160. The Morgan fingerprint density at radius 2 is 1.93 bits per heavy atom. The van der Waals surface area contributed by atoms with E-state index in [1.807, 2.05) is 0 Å². The van der Waals surface area contributed by atoms with Gasteiger partial charge in [-0.3, -0.25) is 14.8 Å². The number of sulfonamides is 1. The Balaban J connectivity index is 1.79. The number of hydrogen-bond donors (Lipinski definition) is 1. The normalized spacial score (nSPS) is 11.4. The molecule has 1 aromatic heterocycles. The van der Waals surface area contributed by atoms with Crippen molar-refractivity contribution in [3.63, 3.8) is 0 Å². The van der Waals surface area contributed by atoms with E-state index in [2.05, 4.69) is 9.71 Å². The lowest BCUT2D eigenvalue weighted by atomic mass is 10.1. The average molecular weight is 425 g/mol. The van der Waals surface area contributed by atoms with Crippen LogP contribution < -0.4 is 4.72 Å². The van der Waals surface area contributed by atoms with E-state index < -0.39 is 26.6 Å². The van der Waals surface area contributed by atoms with Gasteiger partial charge < -0.3 is 0 Å². The van der Waals surface area contributed by atoms with Gasteiger partial charge in [0.2, 0.25) is 0 Å². The number of hydrogen-bond acceptors (Lipinski definition) is 6. The molecular formula is C17H13F2N3O4S2. The molecule has 0 aliphatic rings. The highest BCUT2D eigenvalue weighted by molar-refractivity contribution is 7.93. The molecule has 0 atom stereocenters. The highest BCUT2D eigenvalue weighted by atomic mass is 32.2. The van der Waals surface area contributed by atoms with Crippen LogP contribution >= 0.6 is 11.3 Å². The minimum Gasteiger partial charge on any atom is -0.258 e. The van der Waals surface area contributed by atoms with Crippen molar-refractivity contribution in [1.82, 2.24) is 4.98 Å². The molecule has 7 nitrogen and oxygen atoms in total. The first-order chi connectivity index (χ1) is 13.2. The van der Waals surface area contributed by atoms with Gasteiger partial charge in [0, 0.05) is 29.1 Å². The Labute approximate surface area is 162 Å². The number of anilines is 1. The number of nitrogens with one attached hydrogen (secondary N) is 1. The molecule has 0 amide bonds. The van der Waals surface area contributed by atoms with Gasteiger partial charge in [0.1, 0.15) is 0 Å². The third-order valence-electron chi connectivity index (χ3n) is 3.83. The Kier molecular flexibility index (Phi) is 5.38. The summed E-state index contributed by atoms with van der Waals surface area (Å²) in [6.45, 7) is 1.51. The zero-order valence-electron chi connectivity index (χ0n) is 14.3. The second-order valence-electron chi connectivity index (χ2n) is 5.87. The first-order valence-electron chi connectivity index (χ1n) is 7.82. The van der Waals surface area contributed by atoms with E-state index in [0.29, 0.717) is 16.0 Å². The second-order valence-corrected chi connectivity index (χ2v) is 8.67. The number of rotatable bonds is 6. The van der Waals surface area contributed by atoms with Crippen LogP contribution in [0.1, 0.15) is 16.0 Å². The monoisotopic (exact) mass is 425 g/mol. The molecule has 0 aliphatic carbocycles. The fourth-order valence-electron chi connectivity index (χ4n) is 2.41.